The zero-order valence-electron chi connectivity index (χ0n) is 9.41. The van der Waals surface area contributed by atoms with Crippen LogP contribution in [0.15, 0.2) is 24.3 Å². The number of halogens is 1. The van der Waals surface area contributed by atoms with Crippen molar-refractivity contribution in [3.8, 4) is 0 Å². The van der Waals surface area contributed by atoms with Crippen molar-refractivity contribution in [1.29, 1.82) is 0 Å². The molecule has 1 aromatic carbocycles. The van der Waals surface area contributed by atoms with E-state index in [-0.39, 0.29) is 5.82 Å². The zero-order valence-corrected chi connectivity index (χ0v) is 9.41. The van der Waals surface area contributed by atoms with Crippen molar-refractivity contribution in [2.75, 3.05) is 24.5 Å². The summed E-state index contributed by atoms with van der Waals surface area (Å²) >= 11 is 0. The molecule has 2 N–H and O–H groups in total. The molecule has 0 aliphatic heterocycles. The lowest BCUT2D eigenvalue weighted by molar-refractivity contribution is 0.560. The Kier molecular flexibility index (Phi) is 4.56. The van der Waals surface area contributed by atoms with Gasteiger partial charge in [0.1, 0.15) is 5.82 Å². The van der Waals surface area contributed by atoms with Gasteiger partial charge in [0.2, 0.25) is 0 Å². The van der Waals surface area contributed by atoms with Gasteiger partial charge in [-0.25, -0.2) is 4.39 Å². The molecule has 2 nitrogen and oxygen atoms in total. The van der Waals surface area contributed by atoms with Gasteiger partial charge in [-0.1, -0.05) is 19.1 Å². The Hall–Kier alpha value is -1.09. The summed E-state index contributed by atoms with van der Waals surface area (Å²) < 4.78 is 13.5. The smallest absolute Gasteiger partial charge is 0.146 e. The highest BCUT2D eigenvalue weighted by molar-refractivity contribution is 5.47. The van der Waals surface area contributed by atoms with Crippen LogP contribution in [0.5, 0.6) is 0 Å². The first-order chi connectivity index (χ1) is 7.19. The summed E-state index contributed by atoms with van der Waals surface area (Å²) in [7, 11) is 0. The minimum absolute atomic E-state index is 0.163. The van der Waals surface area contributed by atoms with Crippen molar-refractivity contribution >= 4 is 5.69 Å². The maximum Gasteiger partial charge on any atom is 0.146 e. The zero-order chi connectivity index (χ0) is 11.3. The van der Waals surface area contributed by atoms with Crippen LogP contribution in [0.25, 0.3) is 0 Å². The van der Waals surface area contributed by atoms with Crippen molar-refractivity contribution in [2.45, 2.75) is 13.8 Å². The monoisotopic (exact) mass is 210 g/mol. The van der Waals surface area contributed by atoms with Gasteiger partial charge in [-0.05, 0) is 31.5 Å². The molecule has 0 aromatic heterocycles. The molecule has 3 heteroatoms. The van der Waals surface area contributed by atoms with Gasteiger partial charge in [0.15, 0.2) is 0 Å². The largest absolute Gasteiger partial charge is 0.369 e. The fourth-order valence-electron chi connectivity index (χ4n) is 1.56. The third kappa shape index (κ3) is 3.20. The van der Waals surface area contributed by atoms with Gasteiger partial charge < -0.3 is 10.6 Å². The molecular formula is C12H19FN2. The Bertz CT molecular complexity index is 301. The average Bonchev–Trinajstić information content (AvgIpc) is 2.26. The summed E-state index contributed by atoms with van der Waals surface area (Å²) in [5.41, 5.74) is 6.24. The number of nitrogens with zero attached hydrogens (tertiary/aromatic N) is 1. The minimum atomic E-state index is -0.163. The van der Waals surface area contributed by atoms with Crippen LogP contribution in [-0.4, -0.2) is 19.6 Å². The molecule has 15 heavy (non-hydrogen) atoms. The molecule has 0 aliphatic rings. The van der Waals surface area contributed by atoms with Gasteiger partial charge >= 0.3 is 0 Å². The van der Waals surface area contributed by atoms with Crippen molar-refractivity contribution in [3.05, 3.63) is 30.1 Å². The van der Waals surface area contributed by atoms with E-state index in [9.17, 15) is 4.39 Å². The van der Waals surface area contributed by atoms with Gasteiger partial charge in [-0.2, -0.15) is 0 Å². The minimum Gasteiger partial charge on any atom is -0.369 e. The molecule has 0 saturated heterocycles. The lowest BCUT2D eigenvalue weighted by atomic mass is 10.1. The van der Waals surface area contributed by atoms with E-state index in [0.717, 1.165) is 13.1 Å². The van der Waals surface area contributed by atoms with Crippen LogP contribution in [0.4, 0.5) is 10.1 Å². The molecular weight excluding hydrogens is 191 g/mol. The van der Waals surface area contributed by atoms with Gasteiger partial charge in [-0.3, -0.25) is 0 Å². The van der Waals surface area contributed by atoms with E-state index in [1.54, 1.807) is 6.07 Å². The van der Waals surface area contributed by atoms with Crippen LogP contribution in [-0.2, 0) is 0 Å². The molecule has 1 rings (SSSR count). The van der Waals surface area contributed by atoms with Gasteiger partial charge in [0.25, 0.3) is 0 Å². The summed E-state index contributed by atoms with van der Waals surface area (Å²) in [4.78, 5) is 2.02. The van der Waals surface area contributed by atoms with Crippen LogP contribution >= 0.6 is 0 Å². The SMILES string of the molecule is CCN(CC(C)CN)c1ccccc1F. The number of hydrogen-bond acceptors (Lipinski definition) is 2. The summed E-state index contributed by atoms with van der Waals surface area (Å²) in [5.74, 6) is 0.216. The lowest BCUT2D eigenvalue weighted by Gasteiger charge is -2.26. The molecule has 0 amide bonds. The van der Waals surface area contributed by atoms with Crippen LogP contribution in [0.2, 0.25) is 0 Å². The second-order valence-corrected chi connectivity index (χ2v) is 3.83. The van der Waals surface area contributed by atoms with E-state index in [4.69, 9.17) is 5.73 Å². The highest BCUT2D eigenvalue weighted by Gasteiger charge is 2.11. The quantitative estimate of drug-likeness (QED) is 0.807. The summed E-state index contributed by atoms with van der Waals surface area (Å²) in [5, 5.41) is 0. The number of hydrogen-bond donors (Lipinski definition) is 1. The van der Waals surface area contributed by atoms with Gasteiger partial charge in [0, 0.05) is 13.1 Å². The molecule has 0 fully saturated rings. The van der Waals surface area contributed by atoms with Gasteiger partial charge in [-0.15, -0.1) is 0 Å². The standard InChI is InChI=1S/C12H19FN2/c1-3-15(9-10(2)8-14)12-7-5-4-6-11(12)13/h4-7,10H,3,8-9,14H2,1-2H3. The molecule has 0 heterocycles. The molecule has 1 aromatic rings. The summed E-state index contributed by atoms with van der Waals surface area (Å²) in [6.07, 6.45) is 0. The molecule has 84 valence electrons. The van der Waals surface area contributed by atoms with Crippen molar-refractivity contribution in [2.24, 2.45) is 11.7 Å². The van der Waals surface area contributed by atoms with Gasteiger partial charge in [0.05, 0.1) is 5.69 Å². The van der Waals surface area contributed by atoms with Crippen LogP contribution in [0.3, 0.4) is 0 Å². The predicted octanol–water partition coefficient (Wildman–Crippen LogP) is 2.25. The maximum absolute atomic E-state index is 13.5. The van der Waals surface area contributed by atoms with E-state index in [1.165, 1.54) is 6.07 Å². The number of benzene rings is 1. The van der Waals surface area contributed by atoms with E-state index in [2.05, 4.69) is 6.92 Å². The Morgan fingerprint density at radius 1 is 1.40 bits per heavy atom. The number of para-hydroxylation sites is 1. The van der Waals surface area contributed by atoms with Crippen molar-refractivity contribution < 1.29 is 4.39 Å². The topological polar surface area (TPSA) is 29.3 Å². The molecule has 0 aliphatic carbocycles. The Morgan fingerprint density at radius 2 is 2.07 bits per heavy atom. The van der Waals surface area contributed by atoms with E-state index < -0.39 is 0 Å². The van der Waals surface area contributed by atoms with Crippen molar-refractivity contribution in [1.82, 2.24) is 0 Å². The van der Waals surface area contributed by atoms with Crippen LogP contribution in [0.1, 0.15) is 13.8 Å². The maximum atomic E-state index is 13.5. The predicted molar refractivity (Wildman–Crippen MR) is 62.5 cm³/mol. The Labute approximate surface area is 90.9 Å². The van der Waals surface area contributed by atoms with E-state index in [1.807, 2.05) is 24.0 Å². The van der Waals surface area contributed by atoms with E-state index >= 15 is 0 Å². The Balaban J connectivity index is 2.78. The second-order valence-electron chi connectivity index (χ2n) is 3.83. The number of nitrogens with two attached hydrogens (primary N) is 1. The molecule has 0 bridgehead atoms. The summed E-state index contributed by atoms with van der Waals surface area (Å²) in [6.45, 7) is 6.32. The third-order valence-corrected chi connectivity index (χ3v) is 2.51. The first-order valence-corrected chi connectivity index (χ1v) is 5.38. The fraction of sp³-hybridized carbons (Fsp3) is 0.500. The van der Waals surface area contributed by atoms with Crippen LogP contribution < -0.4 is 10.6 Å². The third-order valence-electron chi connectivity index (χ3n) is 2.51. The van der Waals surface area contributed by atoms with Crippen molar-refractivity contribution in [3.63, 3.8) is 0 Å². The normalized spacial score (nSPS) is 12.5. The summed E-state index contributed by atoms with van der Waals surface area (Å²) in [6, 6.07) is 6.86. The first-order valence-electron chi connectivity index (χ1n) is 5.38. The second kappa shape index (κ2) is 5.71. The number of anilines is 1. The average molecular weight is 210 g/mol. The molecule has 0 spiro atoms. The Morgan fingerprint density at radius 3 is 2.60 bits per heavy atom. The first kappa shape index (κ1) is 12.0. The molecule has 1 atom stereocenters. The van der Waals surface area contributed by atoms with Crippen LogP contribution in [0, 0.1) is 11.7 Å². The number of rotatable bonds is 5. The lowest BCUT2D eigenvalue weighted by Crippen LogP contribution is -2.32. The highest BCUT2D eigenvalue weighted by Crippen LogP contribution is 2.19. The van der Waals surface area contributed by atoms with E-state index in [0.29, 0.717) is 18.2 Å². The fourth-order valence-corrected chi connectivity index (χ4v) is 1.56. The molecule has 0 saturated carbocycles. The molecule has 0 radical (unpaired) electrons. The molecule has 1 unspecified atom stereocenters. The highest BCUT2D eigenvalue weighted by atomic mass is 19.1.